The highest BCUT2D eigenvalue weighted by Crippen LogP contribution is 2.23. The normalized spacial score (nSPS) is 10.5. The summed E-state index contributed by atoms with van der Waals surface area (Å²) in [7, 11) is 1.61. The van der Waals surface area contributed by atoms with Crippen molar-refractivity contribution in [3.05, 3.63) is 30.6 Å². The monoisotopic (exact) mass is 258 g/mol. The van der Waals surface area contributed by atoms with Crippen LogP contribution in [-0.4, -0.2) is 28.6 Å². The molecule has 0 aliphatic carbocycles. The maximum Gasteiger partial charge on any atom is 0.180 e. The molecule has 0 atom stereocenters. The zero-order valence-electron chi connectivity index (χ0n) is 11.4. The smallest absolute Gasteiger partial charge is 0.180 e. The van der Waals surface area contributed by atoms with E-state index < -0.39 is 0 Å². The van der Waals surface area contributed by atoms with Crippen molar-refractivity contribution >= 4 is 5.82 Å². The summed E-state index contributed by atoms with van der Waals surface area (Å²) in [4.78, 5) is 13.0. The second kappa shape index (κ2) is 6.13. The fraction of sp³-hybridized carbons (Fsp3) is 0.357. The second-order valence-corrected chi connectivity index (χ2v) is 4.60. The van der Waals surface area contributed by atoms with Crippen molar-refractivity contribution < 1.29 is 4.74 Å². The highest BCUT2D eigenvalue weighted by atomic mass is 16.5. The summed E-state index contributed by atoms with van der Waals surface area (Å²) < 4.78 is 5.26. The Kier molecular flexibility index (Phi) is 4.28. The van der Waals surface area contributed by atoms with Crippen molar-refractivity contribution in [3.8, 4) is 17.3 Å². The highest BCUT2D eigenvalue weighted by Gasteiger charge is 2.09. The van der Waals surface area contributed by atoms with Gasteiger partial charge in [-0.2, -0.15) is 0 Å². The van der Waals surface area contributed by atoms with E-state index in [1.54, 1.807) is 19.5 Å². The number of pyridine rings is 1. The van der Waals surface area contributed by atoms with E-state index >= 15 is 0 Å². The van der Waals surface area contributed by atoms with Crippen molar-refractivity contribution in [2.45, 2.75) is 13.8 Å². The molecule has 100 valence electrons. The Morgan fingerprint density at radius 3 is 2.74 bits per heavy atom. The Labute approximate surface area is 113 Å². The molecule has 0 aliphatic heterocycles. The highest BCUT2D eigenvalue weighted by molar-refractivity contribution is 5.57. The van der Waals surface area contributed by atoms with Crippen LogP contribution in [0.1, 0.15) is 13.8 Å². The third-order valence-corrected chi connectivity index (χ3v) is 2.55. The van der Waals surface area contributed by atoms with Crippen molar-refractivity contribution in [1.82, 2.24) is 15.0 Å². The van der Waals surface area contributed by atoms with Crippen LogP contribution in [-0.2, 0) is 0 Å². The van der Waals surface area contributed by atoms with Gasteiger partial charge in [-0.25, -0.2) is 9.97 Å². The minimum Gasteiger partial charge on any atom is -0.491 e. The predicted octanol–water partition coefficient (Wildman–Crippen LogP) is 2.62. The molecule has 0 aliphatic rings. The van der Waals surface area contributed by atoms with Gasteiger partial charge < -0.3 is 10.1 Å². The second-order valence-electron chi connectivity index (χ2n) is 4.60. The molecule has 2 aromatic rings. The first kappa shape index (κ1) is 13.3. The number of aromatic nitrogens is 3. The van der Waals surface area contributed by atoms with Gasteiger partial charge in [-0.1, -0.05) is 19.9 Å². The SMILES string of the molecule is COc1cnc(-c2ccccn2)nc1NCC(C)C. The van der Waals surface area contributed by atoms with Crippen molar-refractivity contribution in [2.24, 2.45) is 5.92 Å². The first-order chi connectivity index (χ1) is 9.20. The van der Waals surface area contributed by atoms with Crippen LogP contribution in [0.4, 0.5) is 5.82 Å². The average Bonchev–Trinajstić information content (AvgIpc) is 2.45. The van der Waals surface area contributed by atoms with Gasteiger partial charge in [0.25, 0.3) is 0 Å². The van der Waals surface area contributed by atoms with Gasteiger partial charge in [-0.15, -0.1) is 0 Å². The van der Waals surface area contributed by atoms with Gasteiger partial charge in [0.2, 0.25) is 0 Å². The first-order valence-corrected chi connectivity index (χ1v) is 6.27. The number of nitrogens with zero attached hydrogens (tertiary/aromatic N) is 3. The van der Waals surface area contributed by atoms with Crippen LogP contribution in [0.3, 0.4) is 0 Å². The summed E-state index contributed by atoms with van der Waals surface area (Å²) >= 11 is 0. The Balaban J connectivity index is 2.30. The fourth-order valence-corrected chi connectivity index (χ4v) is 1.57. The molecule has 5 nitrogen and oxygen atoms in total. The van der Waals surface area contributed by atoms with Gasteiger partial charge in [-0.05, 0) is 18.1 Å². The minimum absolute atomic E-state index is 0.526. The summed E-state index contributed by atoms with van der Waals surface area (Å²) in [6, 6.07) is 5.66. The number of hydrogen-bond donors (Lipinski definition) is 1. The Morgan fingerprint density at radius 2 is 2.11 bits per heavy atom. The molecular formula is C14H18N4O. The lowest BCUT2D eigenvalue weighted by atomic mass is 10.2. The molecule has 0 saturated heterocycles. The van der Waals surface area contributed by atoms with Gasteiger partial charge in [0.05, 0.1) is 13.3 Å². The molecule has 19 heavy (non-hydrogen) atoms. The number of hydrogen-bond acceptors (Lipinski definition) is 5. The number of ether oxygens (including phenoxy) is 1. The molecule has 5 heteroatoms. The third kappa shape index (κ3) is 3.40. The Bertz CT molecular complexity index is 528. The summed E-state index contributed by atoms with van der Waals surface area (Å²) in [5.41, 5.74) is 0.748. The molecule has 2 aromatic heterocycles. The number of anilines is 1. The van der Waals surface area contributed by atoms with Crippen LogP contribution in [0.5, 0.6) is 5.75 Å². The van der Waals surface area contributed by atoms with Crippen molar-refractivity contribution in [3.63, 3.8) is 0 Å². The van der Waals surface area contributed by atoms with Crippen LogP contribution in [0.2, 0.25) is 0 Å². The van der Waals surface area contributed by atoms with Gasteiger partial charge in [-0.3, -0.25) is 4.98 Å². The molecule has 0 saturated carbocycles. The Morgan fingerprint density at radius 1 is 1.26 bits per heavy atom. The third-order valence-electron chi connectivity index (χ3n) is 2.55. The van der Waals surface area contributed by atoms with E-state index in [4.69, 9.17) is 4.74 Å². The van der Waals surface area contributed by atoms with Crippen LogP contribution in [0.15, 0.2) is 30.6 Å². The van der Waals surface area contributed by atoms with E-state index in [0.29, 0.717) is 23.3 Å². The molecule has 0 amide bonds. The van der Waals surface area contributed by atoms with Crippen molar-refractivity contribution in [1.29, 1.82) is 0 Å². The zero-order chi connectivity index (χ0) is 13.7. The zero-order valence-corrected chi connectivity index (χ0v) is 11.4. The number of rotatable bonds is 5. The summed E-state index contributed by atoms with van der Waals surface area (Å²) in [6.45, 7) is 5.11. The lowest BCUT2D eigenvalue weighted by Crippen LogP contribution is -2.11. The van der Waals surface area contributed by atoms with Crippen LogP contribution in [0.25, 0.3) is 11.5 Å². The standard InChI is InChI=1S/C14H18N4O/c1-10(2)8-16-14-12(19-3)9-17-13(18-14)11-6-4-5-7-15-11/h4-7,9-10H,8H2,1-3H3,(H,16,17,18). The molecule has 1 N–H and O–H groups in total. The Hall–Kier alpha value is -2.17. The molecule has 0 spiro atoms. The van der Waals surface area contributed by atoms with Gasteiger partial charge in [0.15, 0.2) is 17.4 Å². The average molecular weight is 258 g/mol. The summed E-state index contributed by atoms with van der Waals surface area (Å²) in [5.74, 6) is 2.46. The minimum atomic E-state index is 0.526. The first-order valence-electron chi connectivity index (χ1n) is 6.27. The topological polar surface area (TPSA) is 59.9 Å². The molecule has 2 rings (SSSR count). The summed E-state index contributed by atoms with van der Waals surface area (Å²) in [6.07, 6.45) is 3.39. The van der Waals surface area contributed by atoms with E-state index in [0.717, 1.165) is 12.2 Å². The molecule has 0 bridgehead atoms. The molecular weight excluding hydrogens is 240 g/mol. The van der Waals surface area contributed by atoms with E-state index in [2.05, 4.69) is 34.1 Å². The van der Waals surface area contributed by atoms with Crippen LogP contribution in [0, 0.1) is 5.92 Å². The summed E-state index contributed by atoms with van der Waals surface area (Å²) in [5, 5.41) is 3.27. The molecule has 0 unspecified atom stereocenters. The maximum absolute atomic E-state index is 5.26. The van der Waals surface area contributed by atoms with E-state index in [1.165, 1.54) is 0 Å². The number of nitrogens with one attached hydrogen (secondary N) is 1. The lowest BCUT2D eigenvalue weighted by Gasteiger charge is -2.12. The van der Waals surface area contributed by atoms with E-state index in [-0.39, 0.29) is 0 Å². The van der Waals surface area contributed by atoms with Gasteiger partial charge in [0.1, 0.15) is 5.69 Å². The molecule has 0 radical (unpaired) electrons. The van der Waals surface area contributed by atoms with Crippen molar-refractivity contribution in [2.75, 3.05) is 19.0 Å². The van der Waals surface area contributed by atoms with Gasteiger partial charge >= 0.3 is 0 Å². The lowest BCUT2D eigenvalue weighted by molar-refractivity contribution is 0.412. The molecule has 2 heterocycles. The van der Waals surface area contributed by atoms with E-state index in [1.807, 2.05) is 18.2 Å². The quantitative estimate of drug-likeness (QED) is 0.893. The molecule has 0 fully saturated rings. The molecule has 0 aromatic carbocycles. The fourth-order valence-electron chi connectivity index (χ4n) is 1.57. The van der Waals surface area contributed by atoms with Gasteiger partial charge in [0, 0.05) is 12.7 Å². The maximum atomic E-state index is 5.26. The van der Waals surface area contributed by atoms with Crippen LogP contribution >= 0.6 is 0 Å². The van der Waals surface area contributed by atoms with Crippen LogP contribution < -0.4 is 10.1 Å². The van der Waals surface area contributed by atoms with E-state index in [9.17, 15) is 0 Å². The largest absolute Gasteiger partial charge is 0.491 e. The number of methoxy groups -OCH3 is 1. The predicted molar refractivity (Wildman–Crippen MR) is 75.1 cm³/mol.